The Labute approximate surface area is 141 Å². The number of allylic oxidation sites excluding steroid dienone is 1. The molecule has 0 radical (unpaired) electrons. The van der Waals surface area contributed by atoms with E-state index >= 15 is 0 Å². The average Bonchev–Trinajstić information content (AvgIpc) is 2.61. The van der Waals surface area contributed by atoms with E-state index in [2.05, 4.69) is 38.1 Å². The maximum Gasteiger partial charge on any atom is 0.0991 e. The van der Waals surface area contributed by atoms with Crippen molar-refractivity contribution in [3.8, 4) is 6.07 Å². The van der Waals surface area contributed by atoms with Crippen LogP contribution in [0.4, 0.5) is 0 Å². The zero-order chi connectivity index (χ0) is 16.5. The van der Waals surface area contributed by atoms with E-state index in [1.807, 2.05) is 18.4 Å². The van der Waals surface area contributed by atoms with Crippen molar-refractivity contribution in [2.24, 2.45) is 5.92 Å². The summed E-state index contributed by atoms with van der Waals surface area (Å²) in [7, 11) is 0. The maximum absolute atomic E-state index is 8.88. The number of hydrogen-bond donors (Lipinski definition) is 0. The zero-order valence-electron chi connectivity index (χ0n) is 14.5. The molecule has 1 aliphatic rings. The normalized spacial score (nSPS) is 22.7. The number of nitriles is 1. The highest BCUT2D eigenvalue weighted by Gasteiger charge is 2.26. The first-order valence-corrected chi connectivity index (χ1v) is 9.05. The van der Waals surface area contributed by atoms with Gasteiger partial charge in [0.25, 0.3) is 0 Å². The van der Waals surface area contributed by atoms with E-state index in [-0.39, 0.29) is 0 Å². The lowest BCUT2D eigenvalue weighted by Gasteiger charge is -2.32. The molecule has 1 atom stereocenters. The standard InChI is InChI=1S/C21H29NO/c1-3-4-5-6-15-23-17(2)19-11-13-21(14-12-19)20-9-7-18(16-22)8-10-20/h6-10,15,17,19,21H,3-5,11-14H2,1-2H3. The zero-order valence-corrected chi connectivity index (χ0v) is 14.5. The van der Waals surface area contributed by atoms with E-state index in [0.29, 0.717) is 17.9 Å². The lowest BCUT2D eigenvalue weighted by atomic mass is 9.77. The number of hydrogen-bond acceptors (Lipinski definition) is 2. The van der Waals surface area contributed by atoms with Gasteiger partial charge in [0, 0.05) is 0 Å². The smallest absolute Gasteiger partial charge is 0.0991 e. The van der Waals surface area contributed by atoms with Crippen LogP contribution < -0.4 is 0 Å². The number of ether oxygens (including phenoxy) is 1. The fraction of sp³-hybridized carbons (Fsp3) is 0.571. The highest BCUT2D eigenvalue weighted by molar-refractivity contribution is 5.33. The maximum atomic E-state index is 8.88. The van der Waals surface area contributed by atoms with Crippen LogP contribution in [0.25, 0.3) is 0 Å². The first-order chi connectivity index (χ1) is 11.2. The van der Waals surface area contributed by atoms with Crippen LogP contribution in [0, 0.1) is 17.2 Å². The van der Waals surface area contributed by atoms with Crippen LogP contribution in [0.15, 0.2) is 36.6 Å². The summed E-state index contributed by atoms with van der Waals surface area (Å²) in [6, 6.07) is 10.3. The molecule has 2 rings (SSSR count). The Morgan fingerprint density at radius 2 is 1.91 bits per heavy atom. The Kier molecular flexibility index (Phi) is 7.20. The molecule has 0 aromatic heterocycles. The number of rotatable bonds is 7. The molecule has 1 fully saturated rings. The summed E-state index contributed by atoms with van der Waals surface area (Å²) in [6.45, 7) is 4.42. The lowest BCUT2D eigenvalue weighted by Crippen LogP contribution is -2.24. The van der Waals surface area contributed by atoms with E-state index < -0.39 is 0 Å². The minimum Gasteiger partial charge on any atom is -0.498 e. The Morgan fingerprint density at radius 3 is 2.52 bits per heavy atom. The van der Waals surface area contributed by atoms with E-state index in [0.717, 1.165) is 12.0 Å². The summed E-state index contributed by atoms with van der Waals surface area (Å²) in [5, 5.41) is 8.88. The molecule has 1 saturated carbocycles. The SMILES string of the molecule is CCCCC=COC(C)C1CCC(c2ccc(C#N)cc2)CC1. The highest BCUT2D eigenvalue weighted by atomic mass is 16.5. The van der Waals surface area contributed by atoms with Crippen molar-refractivity contribution in [2.75, 3.05) is 0 Å². The summed E-state index contributed by atoms with van der Waals surface area (Å²) in [5.41, 5.74) is 2.13. The van der Waals surface area contributed by atoms with Crippen molar-refractivity contribution in [1.29, 1.82) is 5.26 Å². The number of unbranched alkanes of at least 4 members (excludes halogenated alkanes) is 2. The molecule has 1 aliphatic carbocycles. The monoisotopic (exact) mass is 311 g/mol. The van der Waals surface area contributed by atoms with Gasteiger partial charge in [-0.3, -0.25) is 0 Å². The third kappa shape index (κ3) is 5.43. The third-order valence-corrected chi connectivity index (χ3v) is 5.06. The van der Waals surface area contributed by atoms with Crippen LogP contribution in [0.5, 0.6) is 0 Å². The molecule has 1 aromatic rings. The molecule has 1 unspecified atom stereocenters. The summed E-state index contributed by atoms with van der Waals surface area (Å²) in [6.07, 6.45) is 12.9. The fourth-order valence-corrected chi connectivity index (χ4v) is 3.43. The molecule has 0 N–H and O–H groups in total. The average molecular weight is 311 g/mol. The van der Waals surface area contributed by atoms with E-state index in [1.165, 1.54) is 44.1 Å². The van der Waals surface area contributed by atoms with Gasteiger partial charge in [-0.15, -0.1) is 0 Å². The van der Waals surface area contributed by atoms with Gasteiger partial charge < -0.3 is 4.74 Å². The van der Waals surface area contributed by atoms with Gasteiger partial charge in [-0.05, 0) is 81.1 Å². The largest absolute Gasteiger partial charge is 0.498 e. The topological polar surface area (TPSA) is 33.0 Å². The van der Waals surface area contributed by atoms with E-state index in [1.54, 1.807) is 0 Å². The van der Waals surface area contributed by atoms with Gasteiger partial charge in [-0.25, -0.2) is 0 Å². The predicted octanol–water partition coefficient (Wildman–Crippen LogP) is 5.94. The molecule has 2 heteroatoms. The second-order valence-electron chi connectivity index (χ2n) is 6.70. The van der Waals surface area contributed by atoms with Gasteiger partial charge >= 0.3 is 0 Å². The molecule has 0 saturated heterocycles. The molecule has 124 valence electrons. The van der Waals surface area contributed by atoms with E-state index in [4.69, 9.17) is 10.00 Å². The van der Waals surface area contributed by atoms with Gasteiger partial charge in [0.1, 0.15) is 0 Å². The Hall–Kier alpha value is -1.75. The first kappa shape index (κ1) is 17.6. The van der Waals surface area contributed by atoms with Crippen molar-refractivity contribution >= 4 is 0 Å². The molecular weight excluding hydrogens is 282 g/mol. The minimum atomic E-state index is 0.315. The highest BCUT2D eigenvalue weighted by Crippen LogP contribution is 2.37. The summed E-state index contributed by atoms with van der Waals surface area (Å²) >= 11 is 0. The van der Waals surface area contributed by atoms with Crippen LogP contribution >= 0.6 is 0 Å². The van der Waals surface area contributed by atoms with Gasteiger partial charge in [0.15, 0.2) is 0 Å². The van der Waals surface area contributed by atoms with Crippen molar-refractivity contribution in [3.63, 3.8) is 0 Å². The second kappa shape index (κ2) is 9.40. The van der Waals surface area contributed by atoms with Gasteiger partial charge in [-0.2, -0.15) is 5.26 Å². The van der Waals surface area contributed by atoms with Gasteiger partial charge in [0.2, 0.25) is 0 Å². The van der Waals surface area contributed by atoms with Gasteiger partial charge in [-0.1, -0.05) is 25.5 Å². The lowest BCUT2D eigenvalue weighted by molar-refractivity contribution is 0.0775. The molecule has 0 amide bonds. The van der Waals surface area contributed by atoms with Crippen molar-refractivity contribution < 1.29 is 4.74 Å². The quantitative estimate of drug-likeness (QED) is 0.461. The first-order valence-electron chi connectivity index (χ1n) is 9.05. The van der Waals surface area contributed by atoms with Crippen LogP contribution in [0.2, 0.25) is 0 Å². The molecule has 1 aromatic carbocycles. The molecule has 0 bridgehead atoms. The molecule has 0 aliphatic heterocycles. The fourth-order valence-electron chi connectivity index (χ4n) is 3.43. The van der Waals surface area contributed by atoms with Gasteiger partial charge in [0.05, 0.1) is 24.0 Å². The van der Waals surface area contributed by atoms with Crippen molar-refractivity contribution in [3.05, 3.63) is 47.7 Å². The summed E-state index contributed by atoms with van der Waals surface area (Å²) < 4.78 is 5.88. The van der Waals surface area contributed by atoms with Crippen molar-refractivity contribution in [2.45, 2.75) is 70.8 Å². The van der Waals surface area contributed by atoms with Crippen LogP contribution in [0.3, 0.4) is 0 Å². The number of benzene rings is 1. The number of nitrogens with zero attached hydrogens (tertiary/aromatic N) is 1. The van der Waals surface area contributed by atoms with Crippen LogP contribution in [0.1, 0.15) is 75.8 Å². The second-order valence-corrected chi connectivity index (χ2v) is 6.70. The van der Waals surface area contributed by atoms with Crippen molar-refractivity contribution in [1.82, 2.24) is 0 Å². The summed E-state index contributed by atoms with van der Waals surface area (Å²) in [5.74, 6) is 1.31. The van der Waals surface area contributed by atoms with E-state index in [9.17, 15) is 0 Å². The molecule has 0 heterocycles. The van der Waals surface area contributed by atoms with Crippen LogP contribution in [-0.4, -0.2) is 6.10 Å². The molecular formula is C21H29NO. The molecule has 23 heavy (non-hydrogen) atoms. The Balaban J connectivity index is 1.76. The predicted molar refractivity (Wildman–Crippen MR) is 95.1 cm³/mol. The Bertz CT molecular complexity index is 518. The molecule has 0 spiro atoms. The Morgan fingerprint density at radius 1 is 1.22 bits per heavy atom. The summed E-state index contributed by atoms with van der Waals surface area (Å²) in [4.78, 5) is 0. The minimum absolute atomic E-state index is 0.315. The molecule has 2 nitrogen and oxygen atoms in total. The van der Waals surface area contributed by atoms with Crippen LogP contribution in [-0.2, 0) is 4.74 Å². The third-order valence-electron chi connectivity index (χ3n) is 5.06.